The van der Waals surface area contributed by atoms with Crippen molar-refractivity contribution in [2.45, 2.75) is 37.0 Å². The van der Waals surface area contributed by atoms with E-state index in [1.54, 1.807) is 18.2 Å². The van der Waals surface area contributed by atoms with Crippen LogP contribution in [0, 0.1) is 0 Å². The Bertz CT molecular complexity index is 587. The molecule has 0 heterocycles. The molecule has 2 N–H and O–H groups in total. The van der Waals surface area contributed by atoms with E-state index in [0.29, 0.717) is 30.0 Å². The molecule has 1 fully saturated rings. The van der Waals surface area contributed by atoms with Crippen LogP contribution in [0.15, 0.2) is 18.2 Å². The lowest BCUT2D eigenvalue weighted by atomic mass is 9.97. The lowest BCUT2D eigenvalue weighted by molar-refractivity contribution is 0.133. The highest BCUT2D eigenvalue weighted by Crippen LogP contribution is 2.32. The second kappa shape index (κ2) is 6.53. The molecule has 0 radical (unpaired) electrons. The summed E-state index contributed by atoms with van der Waals surface area (Å²) in [6.45, 7) is 0. The quantitative estimate of drug-likeness (QED) is 0.864. The number of ether oxygens (including phenoxy) is 2. The van der Waals surface area contributed by atoms with E-state index in [1.165, 1.54) is 14.2 Å². The van der Waals surface area contributed by atoms with Gasteiger partial charge >= 0.3 is 0 Å². The molecule has 0 bridgehead atoms. The van der Waals surface area contributed by atoms with Gasteiger partial charge in [-0.3, -0.25) is 4.72 Å². The third-order valence-corrected chi connectivity index (χ3v) is 5.58. The molecular formula is C14H21NO5S. The average molecular weight is 315 g/mol. The topological polar surface area (TPSA) is 84.9 Å². The third-order valence-electron chi connectivity index (χ3n) is 3.73. The molecule has 0 amide bonds. The number of nitrogens with one attached hydrogen (secondary N) is 1. The Morgan fingerprint density at radius 2 is 1.90 bits per heavy atom. The van der Waals surface area contributed by atoms with Gasteiger partial charge in [0.05, 0.1) is 26.0 Å². The van der Waals surface area contributed by atoms with Crippen LogP contribution in [-0.2, 0) is 10.0 Å². The summed E-state index contributed by atoms with van der Waals surface area (Å²) in [6, 6.07) is 4.88. The lowest BCUT2D eigenvalue weighted by Gasteiger charge is -2.27. The van der Waals surface area contributed by atoms with Crippen molar-refractivity contribution in [2.75, 3.05) is 18.9 Å². The second-order valence-electron chi connectivity index (χ2n) is 5.10. The molecule has 0 saturated heterocycles. The summed E-state index contributed by atoms with van der Waals surface area (Å²) < 4.78 is 37.7. The van der Waals surface area contributed by atoms with Gasteiger partial charge in [0.2, 0.25) is 10.0 Å². The minimum atomic E-state index is -3.68. The fourth-order valence-electron chi connectivity index (χ4n) is 2.56. The van der Waals surface area contributed by atoms with Gasteiger partial charge in [-0.05, 0) is 25.0 Å². The first-order chi connectivity index (χ1) is 9.97. The van der Waals surface area contributed by atoms with Gasteiger partial charge < -0.3 is 14.6 Å². The first-order valence-corrected chi connectivity index (χ1v) is 8.44. The highest BCUT2D eigenvalue weighted by Gasteiger charge is 2.34. The fraction of sp³-hybridized carbons (Fsp3) is 0.571. The fourth-order valence-corrected chi connectivity index (χ4v) is 4.21. The van der Waals surface area contributed by atoms with Crippen molar-refractivity contribution in [3.8, 4) is 11.5 Å². The van der Waals surface area contributed by atoms with Gasteiger partial charge in [-0.25, -0.2) is 8.42 Å². The van der Waals surface area contributed by atoms with E-state index in [4.69, 9.17) is 9.47 Å². The zero-order valence-electron chi connectivity index (χ0n) is 12.2. The summed E-state index contributed by atoms with van der Waals surface area (Å²) >= 11 is 0. The Morgan fingerprint density at radius 3 is 2.52 bits per heavy atom. The standard InChI is InChI=1S/C14H21NO5S/c1-19-10-7-8-13(20-2)11(9-10)15-21(17,18)14-6-4-3-5-12(14)16/h7-9,12,14-16H,3-6H2,1-2H3. The first kappa shape index (κ1) is 15.9. The molecule has 1 aromatic carbocycles. The van der Waals surface area contributed by atoms with E-state index in [2.05, 4.69) is 4.72 Å². The van der Waals surface area contributed by atoms with E-state index in [-0.39, 0.29) is 0 Å². The summed E-state index contributed by atoms with van der Waals surface area (Å²) in [5.41, 5.74) is 0.314. The number of methoxy groups -OCH3 is 2. The van der Waals surface area contributed by atoms with Gasteiger partial charge in [-0.15, -0.1) is 0 Å². The van der Waals surface area contributed by atoms with Crippen molar-refractivity contribution in [1.82, 2.24) is 0 Å². The van der Waals surface area contributed by atoms with E-state index in [1.807, 2.05) is 0 Å². The van der Waals surface area contributed by atoms with Gasteiger partial charge in [0.15, 0.2) is 0 Å². The average Bonchev–Trinajstić information content (AvgIpc) is 2.47. The first-order valence-electron chi connectivity index (χ1n) is 6.89. The monoisotopic (exact) mass is 315 g/mol. The van der Waals surface area contributed by atoms with Crippen LogP contribution >= 0.6 is 0 Å². The Labute approximate surface area is 125 Å². The number of hydrogen-bond acceptors (Lipinski definition) is 5. The number of aliphatic hydroxyl groups is 1. The molecule has 0 aliphatic heterocycles. The van der Waals surface area contributed by atoms with Crippen LogP contribution in [-0.4, -0.2) is 39.1 Å². The smallest absolute Gasteiger partial charge is 0.238 e. The van der Waals surface area contributed by atoms with E-state index >= 15 is 0 Å². The van der Waals surface area contributed by atoms with E-state index < -0.39 is 21.4 Å². The normalized spacial score (nSPS) is 22.6. The highest BCUT2D eigenvalue weighted by atomic mass is 32.2. The Hall–Kier alpha value is -1.47. The van der Waals surface area contributed by atoms with Crippen molar-refractivity contribution in [2.24, 2.45) is 0 Å². The lowest BCUT2D eigenvalue weighted by Crippen LogP contribution is -2.40. The van der Waals surface area contributed by atoms with Crippen LogP contribution in [0.3, 0.4) is 0 Å². The molecule has 7 heteroatoms. The zero-order chi connectivity index (χ0) is 15.5. The van der Waals surface area contributed by atoms with Gasteiger partial charge in [-0.1, -0.05) is 12.8 Å². The van der Waals surface area contributed by atoms with Gasteiger partial charge in [0.1, 0.15) is 16.7 Å². The van der Waals surface area contributed by atoms with Crippen LogP contribution < -0.4 is 14.2 Å². The number of hydrogen-bond donors (Lipinski definition) is 2. The molecule has 2 atom stereocenters. The number of anilines is 1. The van der Waals surface area contributed by atoms with Crippen molar-refractivity contribution in [3.05, 3.63) is 18.2 Å². The Kier molecular flexibility index (Phi) is 4.95. The molecule has 21 heavy (non-hydrogen) atoms. The van der Waals surface area contributed by atoms with Crippen LogP contribution in [0.5, 0.6) is 11.5 Å². The summed E-state index contributed by atoms with van der Waals surface area (Å²) in [6.07, 6.45) is 1.81. The highest BCUT2D eigenvalue weighted by molar-refractivity contribution is 7.93. The van der Waals surface area contributed by atoms with Crippen molar-refractivity contribution in [3.63, 3.8) is 0 Å². The predicted octanol–water partition coefficient (Wildman–Crippen LogP) is 1.75. The van der Waals surface area contributed by atoms with Crippen LogP contribution in [0.2, 0.25) is 0 Å². The molecule has 6 nitrogen and oxygen atoms in total. The van der Waals surface area contributed by atoms with Crippen LogP contribution in [0.4, 0.5) is 5.69 Å². The predicted molar refractivity (Wildman–Crippen MR) is 80.4 cm³/mol. The van der Waals surface area contributed by atoms with Crippen LogP contribution in [0.1, 0.15) is 25.7 Å². The van der Waals surface area contributed by atoms with Crippen molar-refractivity contribution in [1.29, 1.82) is 0 Å². The summed E-state index contributed by atoms with van der Waals surface area (Å²) in [7, 11) is -0.706. The number of benzene rings is 1. The second-order valence-corrected chi connectivity index (χ2v) is 7.00. The van der Waals surface area contributed by atoms with Gasteiger partial charge in [0.25, 0.3) is 0 Å². The van der Waals surface area contributed by atoms with Crippen molar-refractivity contribution >= 4 is 15.7 Å². The van der Waals surface area contributed by atoms with Gasteiger partial charge in [-0.2, -0.15) is 0 Å². The van der Waals surface area contributed by atoms with E-state index in [0.717, 1.165) is 12.8 Å². The van der Waals surface area contributed by atoms with Crippen molar-refractivity contribution < 1.29 is 23.0 Å². The number of rotatable bonds is 5. The Morgan fingerprint density at radius 1 is 1.19 bits per heavy atom. The minimum absolute atomic E-state index is 0.314. The SMILES string of the molecule is COc1ccc(OC)c(NS(=O)(=O)C2CCCCC2O)c1. The summed E-state index contributed by atoms with van der Waals surface area (Å²) in [4.78, 5) is 0. The maximum atomic E-state index is 12.5. The molecule has 2 rings (SSSR count). The molecule has 1 saturated carbocycles. The molecular weight excluding hydrogens is 294 g/mol. The molecule has 1 aliphatic carbocycles. The third kappa shape index (κ3) is 3.59. The maximum absolute atomic E-state index is 12.5. The zero-order valence-corrected chi connectivity index (χ0v) is 13.0. The van der Waals surface area contributed by atoms with Crippen LogP contribution in [0.25, 0.3) is 0 Å². The van der Waals surface area contributed by atoms with E-state index in [9.17, 15) is 13.5 Å². The molecule has 0 spiro atoms. The molecule has 118 valence electrons. The largest absolute Gasteiger partial charge is 0.497 e. The molecule has 1 aliphatic rings. The molecule has 0 aromatic heterocycles. The summed E-state index contributed by atoms with van der Waals surface area (Å²) in [5.74, 6) is 0.933. The number of sulfonamides is 1. The molecule has 2 unspecified atom stereocenters. The summed E-state index contributed by atoms with van der Waals surface area (Å²) in [5, 5.41) is 9.15. The number of aliphatic hydroxyl groups excluding tert-OH is 1. The Balaban J connectivity index is 2.27. The molecule has 1 aromatic rings. The maximum Gasteiger partial charge on any atom is 0.238 e. The minimum Gasteiger partial charge on any atom is -0.497 e. The van der Waals surface area contributed by atoms with Gasteiger partial charge in [0, 0.05) is 6.07 Å².